The molecule has 0 radical (unpaired) electrons. The Morgan fingerprint density at radius 1 is 1.28 bits per heavy atom. The fraction of sp³-hybridized carbons (Fsp3) is 0.200. The predicted octanol–water partition coefficient (Wildman–Crippen LogP) is 3.80. The highest BCUT2D eigenvalue weighted by molar-refractivity contribution is 6.32. The summed E-state index contributed by atoms with van der Waals surface area (Å²) in [7, 11) is 1.84. The highest BCUT2D eigenvalue weighted by Crippen LogP contribution is 2.29. The highest BCUT2D eigenvalue weighted by atomic mass is 35.5. The van der Waals surface area contributed by atoms with Gasteiger partial charge in [0.1, 0.15) is 12.4 Å². The summed E-state index contributed by atoms with van der Waals surface area (Å²) in [5, 5.41) is 18.0. The first-order chi connectivity index (χ1) is 13.8. The number of nitro groups is 1. The normalized spacial score (nSPS) is 10.6. The molecule has 0 saturated heterocycles. The van der Waals surface area contributed by atoms with E-state index in [1.165, 1.54) is 18.2 Å². The van der Waals surface area contributed by atoms with Crippen molar-refractivity contribution in [3.63, 3.8) is 0 Å². The lowest BCUT2D eigenvalue weighted by Crippen LogP contribution is -2.22. The molecule has 2 aromatic carbocycles. The zero-order valence-electron chi connectivity index (χ0n) is 15.9. The molecule has 3 aromatic rings. The van der Waals surface area contributed by atoms with Crippen molar-refractivity contribution >= 4 is 23.2 Å². The largest absolute Gasteiger partial charge is 0.487 e. The molecule has 0 aliphatic rings. The van der Waals surface area contributed by atoms with Crippen molar-refractivity contribution in [3.05, 3.63) is 86.2 Å². The van der Waals surface area contributed by atoms with Crippen molar-refractivity contribution in [1.29, 1.82) is 0 Å². The van der Waals surface area contributed by atoms with Crippen LogP contribution >= 0.6 is 11.6 Å². The molecule has 150 valence electrons. The van der Waals surface area contributed by atoms with E-state index in [4.69, 9.17) is 16.3 Å². The molecule has 9 heteroatoms. The van der Waals surface area contributed by atoms with Gasteiger partial charge in [-0.1, -0.05) is 23.7 Å². The maximum Gasteiger partial charge on any atom is 0.271 e. The van der Waals surface area contributed by atoms with Crippen LogP contribution in [0.3, 0.4) is 0 Å². The van der Waals surface area contributed by atoms with E-state index in [1.54, 1.807) is 28.9 Å². The number of nitrogens with one attached hydrogen (secondary N) is 1. The van der Waals surface area contributed by atoms with E-state index < -0.39 is 4.92 Å². The number of non-ortho nitro benzene ring substituents is 1. The number of aryl methyl sites for hydroxylation is 2. The van der Waals surface area contributed by atoms with Crippen LogP contribution in [0.5, 0.6) is 5.75 Å². The van der Waals surface area contributed by atoms with E-state index in [9.17, 15) is 14.9 Å². The van der Waals surface area contributed by atoms with Crippen LogP contribution in [-0.2, 0) is 20.2 Å². The zero-order chi connectivity index (χ0) is 21.0. The second-order valence-corrected chi connectivity index (χ2v) is 6.86. The van der Waals surface area contributed by atoms with Crippen LogP contribution in [0.25, 0.3) is 0 Å². The third-order valence-electron chi connectivity index (χ3n) is 4.29. The molecule has 0 aliphatic carbocycles. The number of carbonyl (C=O) groups is 1. The van der Waals surface area contributed by atoms with Gasteiger partial charge < -0.3 is 10.1 Å². The van der Waals surface area contributed by atoms with E-state index in [1.807, 2.05) is 20.2 Å². The van der Waals surface area contributed by atoms with Gasteiger partial charge in [-0.05, 0) is 30.7 Å². The summed E-state index contributed by atoms with van der Waals surface area (Å²) in [4.78, 5) is 22.5. The predicted molar refractivity (Wildman–Crippen MR) is 108 cm³/mol. The fourth-order valence-electron chi connectivity index (χ4n) is 2.73. The van der Waals surface area contributed by atoms with E-state index in [-0.39, 0.29) is 23.2 Å². The van der Waals surface area contributed by atoms with Crippen molar-refractivity contribution in [2.45, 2.75) is 20.1 Å². The number of nitrogens with zero attached hydrogens (tertiary/aromatic N) is 3. The summed E-state index contributed by atoms with van der Waals surface area (Å²) in [5.41, 5.74) is 3.11. The smallest absolute Gasteiger partial charge is 0.271 e. The molecule has 0 unspecified atom stereocenters. The molecular formula is C20H19ClN4O4. The minimum atomic E-state index is -0.519. The molecule has 1 amide bonds. The number of rotatable bonds is 7. The Morgan fingerprint density at radius 3 is 2.59 bits per heavy atom. The average molecular weight is 415 g/mol. The molecule has 0 spiro atoms. The van der Waals surface area contributed by atoms with Crippen molar-refractivity contribution in [2.75, 3.05) is 0 Å². The van der Waals surface area contributed by atoms with Gasteiger partial charge in [0.2, 0.25) is 0 Å². The summed E-state index contributed by atoms with van der Waals surface area (Å²) in [5.74, 6) is 0.171. The number of hydrogen-bond donors (Lipinski definition) is 1. The van der Waals surface area contributed by atoms with Gasteiger partial charge in [0.05, 0.1) is 15.6 Å². The van der Waals surface area contributed by atoms with E-state index in [0.29, 0.717) is 17.9 Å². The van der Waals surface area contributed by atoms with Gasteiger partial charge in [-0.25, -0.2) is 0 Å². The Labute approximate surface area is 172 Å². The van der Waals surface area contributed by atoms with Crippen LogP contribution in [0.2, 0.25) is 5.02 Å². The zero-order valence-corrected chi connectivity index (χ0v) is 16.6. The lowest BCUT2D eigenvalue weighted by molar-refractivity contribution is -0.384. The van der Waals surface area contributed by atoms with E-state index >= 15 is 0 Å². The summed E-state index contributed by atoms with van der Waals surface area (Å²) in [6, 6.07) is 11.0. The molecular weight excluding hydrogens is 396 g/mol. The summed E-state index contributed by atoms with van der Waals surface area (Å²) in [6.07, 6.45) is 1.87. The van der Waals surface area contributed by atoms with Crippen molar-refractivity contribution < 1.29 is 14.5 Å². The first-order valence-corrected chi connectivity index (χ1v) is 9.14. The highest BCUT2D eigenvalue weighted by Gasteiger charge is 2.11. The molecule has 0 saturated carbocycles. The Kier molecular flexibility index (Phi) is 6.13. The van der Waals surface area contributed by atoms with E-state index in [0.717, 1.165) is 16.8 Å². The molecule has 0 bridgehead atoms. The van der Waals surface area contributed by atoms with Crippen LogP contribution in [0.1, 0.15) is 27.2 Å². The maximum absolute atomic E-state index is 12.3. The number of benzene rings is 2. The number of aromatic nitrogens is 2. The van der Waals surface area contributed by atoms with Crippen LogP contribution < -0.4 is 10.1 Å². The molecule has 1 aromatic heterocycles. The molecule has 1 heterocycles. The van der Waals surface area contributed by atoms with Gasteiger partial charge in [0, 0.05) is 43.0 Å². The summed E-state index contributed by atoms with van der Waals surface area (Å²) < 4.78 is 7.33. The number of hydrogen-bond acceptors (Lipinski definition) is 5. The summed E-state index contributed by atoms with van der Waals surface area (Å²) in [6.45, 7) is 2.52. The fourth-order valence-corrected chi connectivity index (χ4v) is 2.96. The van der Waals surface area contributed by atoms with Crippen LogP contribution in [0.15, 0.2) is 48.7 Å². The summed E-state index contributed by atoms with van der Waals surface area (Å²) >= 11 is 6.02. The molecule has 0 aliphatic heterocycles. The second kappa shape index (κ2) is 8.74. The maximum atomic E-state index is 12.3. The minimum absolute atomic E-state index is 0.0980. The SMILES string of the molecule is Cc1nn(C)cc1CNC(=O)c1ccc(COc2ccc([N+](=O)[O-])cc2Cl)cc1. The number of amides is 1. The average Bonchev–Trinajstić information content (AvgIpc) is 3.02. The van der Waals surface area contributed by atoms with Crippen LogP contribution in [0.4, 0.5) is 5.69 Å². The first-order valence-electron chi connectivity index (χ1n) is 8.76. The number of carbonyl (C=O) groups excluding carboxylic acids is 1. The van der Waals surface area contributed by atoms with Crippen molar-refractivity contribution in [2.24, 2.45) is 7.05 Å². The first kappa shape index (κ1) is 20.3. The third kappa shape index (κ3) is 5.11. The topological polar surface area (TPSA) is 99.3 Å². The van der Waals surface area contributed by atoms with Gasteiger partial charge in [0.25, 0.3) is 11.6 Å². The molecule has 3 rings (SSSR count). The van der Waals surface area contributed by atoms with E-state index in [2.05, 4.69) is 10.4 Å². The quantitative estimate of drug-likeness (QED) is 0.468. The van der Waals surface area contributed by atoms with Gasteiger partial charge >= 0.3 is 0 Å². The number of ether oxygens (including phenoxy) is 1. The van der Waals surface area contributed by atoms with Crippen LogP contribution in [-0.4, -0.2) is 20.6 Å². The molecule has 29 heavy (non-hydrogen) atoms. The van der Waals surface area contributed by atoms with Crippen LogP contribution in [0, 0.1) is 17.0 Å². The Balaban J connectivity index is 1.56. The Bertz CT molecular complexity index is 1050. The third-order valence-corrected chi connectivity index (χ3v) is 4.59. The molecule has 1 N–H and O–H groups in total. The Morgan fingerprint density at radius 2 is 2.00 bits per heavy atom. The van der Waals surface area contributed by atoms with Crippen molar-refractivity contribution in [3.8, 4) is 5.75 Å². The van der Waals surface area contributed by atoms with Crippen molar-refractivity contribution in [1.82, 2.24) is 15.1 Å². The standard InChI is InChI=1S/C20H19ClN4O4/c1-13-16(11-24(2)23-13)10-22-20(26)15-5-3-14(4-6-15)12-29-19-8-7-17(25(27)28)9-18(19)21/h3-9,11H,10,12H2,1-2H3,(H,22,26). The number of halogens is 1. The lowest BCUT2D eigenvalue weighted by atomic mass is 10.1. The number of nitro benzene ring substituents is 1. The molecule has 8 nitrogen and oxygen atoms in total. The Hall–Kier alpha value is -3.39. The monoisotopic (exact) mass is 414 g/mol. The van der Waals surface area contributed by atoms with Gasteiger partial charge in [-0.15, -0.1) is 0 Å². The molecule has 0 fully saturated rings. The minimum Gasteiger partial charge on any atom is -0.487 e. The van der Waals surface area contributed by atoms with Gasteiger partial charge in [0.15, 0.2) is 0 Å². The second-order valence-electron chi connectivity index (χ2n) is 6.45. The van der Waals surface area contributed by atoms with Gasteiger partial charge in [-0.3, -0.25) is 19.6 Å². The van der Waals surface area contributed by atoms with Gasteiger partial charge in [-0.2, -0.15) is 5.10 Å². The molecule has 0 atom stereocenters. The lowest BCUT2D eigenvalue weighted by Gasteiger charge is -2.09.